The van der Waals surface area contributed by atoms with Crippen LogP contribution in [0.2, 0.25) is 0 Å². The summed E-state index contributed by atoms with van der Waals surface area (Å²) >= 11 is 1.04. The number of rotatable bonds is 5. The van der Waals surface area contributed by atoms with Gasteiger partial charge in [-0.3, -0.25) is 4.79 Å². The molecule has 0 radical (unpaired) electrons. The molecule has 5 nitrogen and oxygen atoms in total. The van der Waals surface area contributed by atoms with Crippen LogP contribution in [0.4, 0.5) is 0 Å². The highest BCUT2D eigenvalue weighted by Crippen LogP contribution is 2.26. The van der Waals surface area contributed by atoms with Gasteiger partial charge in [0.1, 0.15) is 16.8 Å². The number of thioether (sulfide) groups is 1. The van der Waals surface area contributed by atoms with E-state index in [1.807, 2.05) is 30.3 Å². The van der Waals surface area contributed by atoms with Crippen molar-refractivity contribution in [3.05, 3.63) is 42.0 Å². The minimum absolute atomic E-state index is 0.131. The fraction of sp³-hybridized carbons (Fsp3) is 0.133. The molecular weight excluding hydrogens is 288 g/mol. The van der Waals surface area contributed by atoms with E-state index in [1.54, 1.807) is 19.2 Å². The van der Waals surface area contributed by atoms with Gasteiger partial charge in [-0.1, -0.05) is 11.8 Å². The lowest BCUT2D eigenvalue weighted by Crippen LogP contribution is -1.99. The number of carboxylic acids is 1. The van der Waals surface area contributed by atoms with Crippen molar-refractivity contribution >= 4 is 17.7 Å². The van der Waals surface area contributed by atoms with Crippen molar-refractivity contribution in [3.8, 4) is 23.1 Å². The Labute approximate surface area is 126 Å². The van der Waals surface area contributed by atoms with Gasteiger partial charge in [0, 0.05) is 5.56 Å². The zero-order valence-electron chi connectivity index (χ0n) is 11.2. The summed E-state index contributed by atoms with van der Waals surface area (Å²) in [6.45, 7) is 0. The van der Waals surface area contributed by atoms with Crippen molar-refractivity contribution in [2.24, 2.45) is 0 Å². The van der Waals surface area contributed by atoms with E-state index in [-0.39, 0.29) is 5.75 Å². The summed E-state index contributed by atoms with van der Waals surface area (Å²) in [4.78, 5) is 15.0. The van der Waals surface area contributed by atoms with Gasteiger partial charge in [0.05, 0.1) is 24.1 Å². The Hall–Kier alpha value is -2.52. The second-order valence-corrected chi connectivity index (χ2v) is 5.04. The first-order chi connectivity index (χ1) is 10.1. The van der Waals surface area contributed by atoms with Crippen LogP contribution in [0.1, 0.15) is 5.56 Å². The second-order valence-electron chi connectivity index (χ2n) is 4.07. The third-order valence-electron chi connectivity index (χ3n) is 2.70. The summed E-state index contributed by atoms with van der Waals surface area (Å²) in [6.07, 6.45) is 0. The summed E-state index contributed by atoms with van der Waals surface area (Å²) in [6, 6.07) is 12.8. The topological polar surface area (TPSA) is 83.2 Å². The normalized spacial score (nSPS) is 9.90. The molecule has 0 amide bonds. The molecule has 0 saturated heterocycles. The minimum Gasteiger partial charge on any atom is -0.497 e. The van der Waals surface area contributed by atoms with E-state index >= 15 is 0 Å². The maximum absolute atomic E-state index is 10.7. The molecule has 0 saturated carbocycles. The van der Waals surface area contributed by atoms with Crippen LogP contribution in [0.25, 0.3) is 11.3 Å². The number of ether oxygens (including phenoxy) is 1. The van der Waals surface area contributed by atoms with E-state index in [2.05, 4.69) is 4.98 Å². The third-order valence-corrected chi connectivity index (χ3v) is 3.67. The molecule has 0 fully saturated rings. The molecule has 0 unspecified atom stereocenters. The van der Waals surface area contributed by atoms with Crippen LogP contribution in [-0.4, -0.2) is 28.9 Å². The van der Waals surface area contributed by atoms with Crippen molar-refractivity contribution in [2.75, 3.05) is 12.9 Å². The summed E-state index contributed by atoms with van der Waals surface area (Å²) in [5.41, 5.74) is 1.93. The highest BCUT2D eigenvalue weighted by molar-refractivity contribution is 7.99. The molecule has 0 bridgehead atoms. The van der Waals surface area contributed by atoms with Crippen molar-refractivity contribution in [3.63, 3.8) is 0 Å². The van der Waals surface area contributed by atoms with Gasteiger partial charge in [-0.2, -0.15) is 5.26 Å². The average molecular weight is 300 g/mol. The lowest BCUT2D eigenvalue weighted by atomic mass is 10.1. The van der Waals surface area contributed by atoms with Crippen LogP contribution in [0.15, 0.2) is 41.4 Å². The monoisotopic (exact) mass is 300 g/mol. The molecule has 1 N–H and O–H groups in total. The molecule has 2 rings (SSSR count). The Bertz CT molecular complexity index is 693. The number of carboxylic acid groups (broad SMARTS) is 1. The second kappa shape index (κ2) is 6.77. The van der Waals surface area contributed by atoms with Crippen LogP contribution < -0.4 is 4.74 Å². The van der Waals surface area contributed by atoms with Gasteiger partial charge in [-0.25, -0.2) is 4.98 Å². The number of aromatic nitrogens is 1. The van der Waals surface area contributed by atoms with Crippen molar-refractivity contribution in [1.82, 2.24) is 4.98 Å². The molecule has 1 aromatic heterocycles. The van der Waals surface area contributed by atoms with E-state index in [1.165, 1.54) is 0 Å². The molecule has 6 heteroatoms. The molecule has 0 aliphatic carbocycles. The number of nitriles is 1. The van der Waals surface area contributed by atoms with Crippen LogP contribution in [0.5, 0.6) is 5.75 Å². The SMILES string of the molecule is COc1ccc(-c2ccc(C#N)c(SCC(=O)O)n2)cc1. The molecule has 2 aromatic rings. The first-order valence-electron chi connectivity index (χ1n) is 6.04. The number of carbonyl (C=O) groups is 1. The average Bonchev–Trinajstić information content (AvgIpc) is 2.52. The van der Waals surface area contributed by atoms with Gasteiger partial charge in [0.2, 0.25) is 0 Å². The maximum atomic E-state index is 10.7. The fourth-order valence-electron chi connectivity index (χ4n) is 1.69. The van der Waals surface area contributed by atoms with E-state index in [4.69, 9.17) is 15.1 Å². The summed E-state index contributed by atoms with van der Waals surface area (Å²) < 4.78 is 5.10. The molecule has 0 aliphatic rings. The van der Waals surface area contributed by atoms with Gasteiger partial charge in [-0.05, 0) is 36.4 Å². The lowest BCUT2D eigenvalue weighted by Gasteiger charge is -2.06. The van der Waals surface area contributed by atoms with Crippen LogP contribution >= 0.6 is 11.8 Å². The largest absolute Gasteiger partial charge is 0.497 e. The van der Waals surface area contributed by atoms with E-state index < -0.39 is 5.97 Å². The number of hydrogen-bond donors (Lipinski definition) is 1. The van der Waals surface area contributed by atoms with Gasteiger partial charge in [0.15, 0.2) is 0 Å². The maximum Gasteiger partial charge on any atom is 0.313 e. The fourth-order valence-corrected chi connectivity index (χ4v) is 2.38. The Morgan fingerprint density at radius 2 is 2.05 bits per heavy atom. The number of aliphatic carboxylic acids is 1. The summed E-state index contributed by atoms with van der Waals surface area (Å²) in [5.74, 6) is -0.332. The smallest absolute Gasteiger partial charge is 0.313 e. The standard InChI is InChI=1S/C15H12N2O3S/c1-20-12-5-2-10(3-6-12)13-7-4-11(8-16)15(17-13)21-9-14(18)19/h2-7H,9H2,1H3,(H,18,19). The van der Waals surface area contributed by atoms with Crippen molar-refractivity contribution in [2.45, 2.75) is 5.03 Å². The molecule has 106 valence electrons. The number of nitrogens with zero attached hydrogens (tertiary/aromatic N) is 2. The molecule has 0 atom stereocenters. The zero-order valence-corrected chi connectivity index (χ0v) is 12.1. The highest BCUT2D eigenvalue weighted by Gasteiger charge is 2.10. The Morgan fingerprint density at radius 1 is 1.33 bits per heavy atom. The molecule has 1 aromatic carbocycles. The van der Waals surface area contributed by atoms with E-state index in [0.717, 1.165) is 23.1 Å². The summed E-state index contributed by atoms with van der Waals surface area (Å²) in [7, 11) is 1.59. The molecule has 0 spiro atoms. The molecular formula is C15H12N2O3S. The molecule has 21 heavy (non-hydrogen) atoms. The van der Waals surface area contributed by atoms with Crippen molar-refractivity contribution < 1.29 is 14.6 Å². The van der Waals surface area contributed by atoms with Crippen LogP contribution in [-0.2, 0) is 4.79 Å². The van der Waals surface area contributed by atoms with E-state index in [9.17, 15) is 4.79 Å². The number of benzene rings is 1. The Morgan fingerprint density at radius 3 is 2.62 bits per heavy atom. The Balaban J connectivity index is 2.33. The minimum atomic E-state index is -0.944. The van der Waals surface area contributed by atoms with E-state index in [0.29, 0.717) is 16.3 Å². The van der Waals surface area contributed by atoms with Gasteiger partial charge in [-0.15, -0.1) is 0 Å². The predicted molar refractivity (Wildman–Crippen MR) is 79.3 cm³/mol. The number of pyridine rings is 1. The zero-order chi connectivity index (χ0) is 15.2. The first kappa shape index (κ1) is 14.9. The molecule has 0 aliphatic heterocycles. The number of hydrogen-bond acceptors (Lipinski definition) is 5. The van der Waals surface area contributed by atoms with Crippen molar-refractivity contribution in [1.29, 1.82) is 5.26 Å². The molecule has 1 heterocycles. The van der Waals surface area contributed by atoms with Gasteiger partial charge in [0.25, 0.3) is 0 Å². The lowest BCUT2D eigenvalue weighted by molar-refractivity contribution is -0.133. The first-order valence-corrected chi connectivity index (χ1v) is 7.02. The van der Waals surface area contributed by atoms with Crippen LogP contribution in [0, 0.1) is 11.3 Å². The predicted octanol–water partition coefficient (Wildman–Crippen LogP) is 2.81. The van der Waals surface area contributed by atoms with Crippen LogP contribution in [0.3, 0.4) is 0 Å². The van der Waals surface area contributed by atoms with Gasteiger partial charge < -0.3 is 9.84 Å². The Kier molecular flexibility index (Phi) is 4.80. The number of methoxy groups -OCH3 is 1. The quantitative estimate of drug-likeness (QED) is 0.855. The third kappa shape index (κ3) is 3.74. The summed E-state index contributed by atoms with van der Waals surface area (Å²) in [5, 5.41) is 18.2. The highest BCUT2D eigenvalue weighted by atomic mass is 32.2. The van der Waals surface area contributed by atoms with Gasteiger partial charge >= 0.3 is 5.97 Å².